The number of carboxylic acid groups (broad SMARTS) is 1. The number of hydrogen-bond donors (Lipinski definition) is 1. The van der Waals surface area contributed by atoms with Gasteiger partial charge in [0.2, 0.25) is 5.88 Å². The number of rotatable bonds is 3. The smallest absolute Gasteiger partial charge is 0.338 e. The van der Waals surface area contributed by atoms with Gasteiger partial charge < -0.3 is 9.84 Å². The van der Waals surface area contributed by atoms with Gasteiger partial charge >= 0.3 is 5.97 Å². The van der Waals surface area contributed by atoms with Crippen LogP contribution in [-0.2, 0) is 0 Å². The third-order valence-corrected chi connectivity index (χ3v) is 2.48. The molecule has 1 aromatic heterocycles. The van der Waals surface area contributed by atoms with E-state index in [1.54, 1.807) is 18.3 Å². The predicted molar refractivity (Wildman–Crippen MR) is 63.1 cm³/mol. The molecule has 0 aliphatic carbocycles. The number of nitrogens with zero attached hydrogens (tertiary/aromatic N) is 1. The lowest BCUT2D eigenvalue weighted by atomic mass is 10.0. The van der Waals surface area contributed by atoms with Gasteiger partial charge in [-0.2, -0.15) is 0 Å². The van der Waals surface area contributed by atoms with Crippen molar-refractivity contribution in [2.24, 2.45) is 0 Å². The van der Waals surface area contributed by atoms with Crippen LogP contribution < -0.4 is 4.74 Å². The Kier molecular flexibility index (Phi) is 3.23. The van der Waals surface area contributed by atoms with Gasteiger partial charge in [0.05, 0.1) is 12.7 Å². The average molecular weight is 247 g/mol. The maximum atomic E-state index is 13.6. The molecule has 0 aliphatic heterocycles. The number of benzene rings is 1. The van der Waals surface area contributed by atoms with E-state index in [0.29, 0.717) is 17.0 Å². The molecule has 0 unspecified atom stereocenters. The quantitative estimate of drug-likeness (QED) is 0.905. The van der Waals surface area contributed by atoms with Crippen LogP contribution in [0, 0.1) is 5.82 Å². The van der Waals surface area contributed by atoms with Crippen LogP contribution in [0.1, 0.15) is 10.4 Å². The lowest BCUT2D eigenvalue weighted by Crippen LogP contribution is -2.00. The SMILES string of the molecule is COc1ncccc1-c1ccc(C(=O)O)c(F)c1. The zero-order chi connectivity index (χ0) is 13.1. The molecule has 4 nitrogen and oxygen atoms in total. The number of carbonyl (C=O) groups is 1. The Morgan fingerprint density at radius 3 is 2.78 bits per heavy atom. The number of aromatic nitrogens is 1. The van der Waals surface area contributed by atoms with E-state index in [4.69, 9.17) is 9.84 Å². The van der Waals surface area contributed by atoms with Gasteiger partial charge in [-0.3, -0.25) is 0 Å². The summed E-state index contributed by atoms with van der Waals surface area (Å²) in [6, 6.07) is 7.32. The number of methoxy groups -OCH3 is 1. The number of hydrogen-bond acceptors (Lipinski definition) is 3. The van der Waals surface area contributed by atoms with E-state index in [-0.39, 0.29) is 5.56 Å². The zero-order valence-corrected chi connectivity index (χ0v) is 9.55. The van der Waals surface area contributed by atoms with Gasteiger partial charge in [0.1, 0.15) is 5.82 Å². The van der Waals surface area contributed by atoms with E-state index in [9.17, 15) is 9.18 Å². The van der Waals surface area contributed by atoms with E-state index >= 15 is 0 Å². The maximum Gasteiger partial charge on any atom is 0.338 e. The lowest BCUT2D eigenvalue weighted by Gasteiger charge is -2.07. The largest absolute Gasteiger partial charge is 0.481 e. The van der Waals surface area contributed by atoms with E-state index in [1.165, 1.54) is 19.2 Å². The van der Waals surface area contributed by atoms with Crippen molar-refractivity contribution in [3.63, 3.8) is 0 Å². The van der Waals surface area contributed by atoms with Crippen LogP contribution in [0.5, 0.6) is 5.88 Å². The molecule has 1 aromatic carbocycles. The Hall–Kier alpha value is -2.43. The van der Waals surface area contributed by atoms with E-state index in [2.05, 4.69) is 4.98 Å². The molecule has 0 aliphatic rings. The number of aromatic carboxylic acids is 1. The highest BCUT2D eigenvalue weighted by Gasteiger charge is 2.13. The molecule has 92 valence electrons. The molecule has 0 bridgehead atoms. The second-order valence-electron chi connectivity index (χ2n) is 3.56. The summed E-state index contributed by atoms with van der Waals surface area (Å²) >= 11 is 0. The first-order chi connectivity index (χ1) is 8.63. The minimum absolute atomic E-state index is 0.360. The molecule has 0 saturated heterocycles. The minimum atomic E-state index is -1.29. The summed E-state index contributed by atoms with van der Waals surface area (Å²) in [5.41, 5.74) is 0.764. The van der Waals surface area contributed by atoms with E-state index in [0.717, 1.165) is 6.07 Å². The molecule has 0 radical (unpaired) electrons. The number of halogens is 1. The molecule has 0 saturated carbocycles. The topological polar surface area (TPSA) is 59.4 Å². The average Bonchev–Trinajstić information content (AvgIpc) is 2.38. The minimum Gasteiger partial charge on any atom is -0.481 e. The second kappa shape index (κ2) is 4.83. The molecule has 0 atom stereocenters. The molecule has 0 spiro atoms. The van der Waals surface area contributed by atoms with Crippen molar-refractivity contribution < 1.29 is 19.0 Å². The van der Waals surface area contributed by atoms with Gasteiger partial charge in [-0.05, 0) is 29.8 Å². The molecular weight excluding hydrogens is 237 g/mol. The molecule has 1 N–H and O–H groups in total. The van der Waals surface area contributed by atoms with Crippen molar-refractivity contribution in [2.75, 3.05) is 7.11 Å². The van der Waals surface area contributed by atoms with Crippen LogP contribution in [0.25, 0.3) is 11.1 Å². The van der Waals surface area contributed by atoms with Crippen molar-refractivity contribution >= 4 is 5.97 Å². The summed E-state index contributed by atoms with van der Waals surface area (Å²) in [5, 5.41) is 8.75. The Bertz CT molecular complexity index is 599. The Morgan fingerprint density at radius 2 is 2.17 bits per heavy atom. The molecule has 2 rings (SSSR count). The van der Waals surface area contributed by atoms with Crippen LogP contribution in [-0.4, -0.2) is 23.2 Å². The van der Waals surface area contributed by atoms with Crippen molar-refractivity contribution in [2.45, 2.75) is 0 Å². The fraction of sp³-hybridized carbons (Fsp3) is 0.0769. The fourth-order valence-electron chi connectivity index (χ4n) is 1.63. The number of carboxylic acids is 1. The van der Waals surface area contributed by atoms with Crippen molar-refractivity contribution in [3.8, 4) is 17.0 Å². The predicted octanol–water partition coefficient (Wildman–Crippen LogP) is 2.59. The summed E-state index contributed by atoms with van der Waals surface area (Å²) in [4.78, 5) is 14.7. The molecule has 2 aromatic rings. The van der Waals surface area contributed by atoms with Gasteiger partial charge in [0.15, 0.2) is 0 Å². The first-order valence-electron chi connectivity index (χ1n) is 5.15. The van der Waals surface area contributed by atoms with E-state index in [1.807, 2.05) is 0 Å². The summed E-state index contributed by atoms with van der Waals surface area (Å²) in [6.45, 7) is 0. The summed E-state index contributed by atoms with van der Waals surface area (Å²) in [5.74, 6) is -1.72. The molecule has 0 fully saturated rings. The first-order valence-corrected chi connectivity index (χ1v) is 5.15. The van der Waals surface area contributed by atoms with E-state index < -0.39 is 11.8 Å². The van der Waals surface area contributed by atoms with Crippen LogP contribution in [0.15, 0.2) is 36.5 Å². The van der Waals surface area contributed by atoms with Crippen LogP contribution in [0.2, 0.25) is 0 Å². The highest BCUT2D eigenvalue weighted by Crippen LogP contribution is 2.28. The fourth-order valence-corrected chi connectivity index (χ4v) is 1.63. The number of ether oxygens (including phenoxy) is 1. The molecular formula is C13H10FNO3. The first kappa shape index (κ1) is 12.0. The maximum absolute atomic E-state index is 13.6. The summed E-state index contributed by atoms with van der Waals surface area (Å²) in [6.07, 6.45) is 1.56. The molecule has 18 heavy (non-hydrogen) atoms. The number of pyridine rings is 1. The van der Waals surface area contributed by atoms with Crippen LogP contribution >= 0.6 is 0 Å². The van der Waals surface area contributed by atoms with Gasteiger partial charge in [-0.15, -0.1) is 0 Å². The van der Waals surface area contributed by atoms with Gasteiger partial charge in [-0.1, -0.05) is 6.07 Å². The summed E-state index contributed by atoms with van der Waals surface area (Å²) in [7, 11) is 1.47. The van der Waals surface area contributed by atoms with Crippen molar-refractivity contribution in [1.82, 2.24) is 4.98 Å². The Labute approximate surface area is 103 Å². The van der Waals surface area contributed by atoms with Crippen LogP contribution in [0.3, 0.4) is 0 Å². The second-order valence-corrected chi connectivity index (χ2v) is 3.56. The summed E-state index contributed by atoms with van der Waals surface area (Å²) < 4.78 is 18.6. The van der Waals surface area contributed by atoms with Crippen LogP contribution in [0.4, 0.5) is 4.39 Å². The molecule has 0 amide bonds. The standard InChI is InChI=1S/C13H10FNO3/c1-18-12-9(3-2-6-15-12)8-4-5-10(13(16)17)11(14)7-8/h2-7H,1H3,(H,16,17). The third kappa shape index (κ3) is 2.15. The highest BCUT2D eigenvalue weighted by atomic mass is 19.1. The Morgan fingerprint density at radius 1 is 1.39 bits per heavy atom. The monoisotopic (exact) mass is 247 g/mol. The van der Waals surface area contributed by atoms with Gasteiger partial charge in [0.25, 0.3) is 0 Å². The van der Waals surface area contributed by atoms with Gasteiger partial charge in [-0.25, -0.2) is 14.2 Å². The highest BCUT2D eigenvalue weighted by molar-refractivity contribution is 5.88. The molecule has 1 heterocycles. The van der Waals surface area contributed by atoms with Gasteiger partial charge in [0, 0.05) is 11.8 Å². The molecule has 5 heteroatoms. The van der Waals surface area contributed by atoms with Crippen molar-refractivity contribution in [3.05, 3.63) is 47.9 Å². The Balaban J connectivity index is 2.52. The normalized spacial score (nSPS) is 10.1. The zero-order valence-electron chi connectivity index (χ0n) is 9.55. The third-order valence-electron chi connectivity index (χ3n) is 2.48. The van der Waals surface area contributed by atoms with Crippen molar-refractivity contribution in [1.29, 1.82) is 0 Å². The lowest BCUT2D eigenvalue weighted by molar-refractivity contribution is 0.0692.